The quantitative estimate of drug-likeness (QED) is 0.283. The molecule has 0 bridgehead atoms. The van der Waals surface area contributed by atoms with Gasteiger partial charge in [-0.05, 0) is 67.3 Å². The molecule has 41 heavy (non-hydrogen) atoms. The van der Waals surface area contributed by atoms with Gasteiger partial charge in [-0.2, -0.15) is 0 Å². The molecule has 10 heteroatoms. The number of carbonyl (C=O) groups is 2. The highest BCUT2D eigenvalue weighted by Gasteiger charge is 2.33. The van der Waals surface area contributed by atoms with Crippen molar-refractivity contribution in [2.24, 2.45) is 5.92 Å². The molecule has 0 saturated carbocycles. The lowest BCUT2D eigenvalue weighted by Gasteiger charge is -2.33. The van der Waals surface area contributed by atoms with Crippen LogP contribution in [0.3, 0.4) is 0 Å². The number of hydrogen-bond acceptors (Lipinski definition) is 5. The Morgan fingerprint density at radius 3 is 2.22 bits per heavy atom. The summed E-state index contributed by atoms with van der Waals surface area (Å²) in [5.41, 5.74) is 2.12. The summed E-state index contributed by atoms with van der Waals surface area (Å²) in [4.78, 5) is 28.8. The molecule has 3 rings (SSSR count). The number of nitrogens with zero attached hydrogens (tertiary/aromatic N) is 2. The normalized spacial score (nSPS) is 12.1. The number of carbonyl (C=O) groups excluding carboxylic acids is 2. The lowest BCUT2D eigenvalue weighted by Crippen LogP contribution is -2.52. The molecule has 0 aliphatic rings. The minimum atomic E-state index is -4.21. The van der Waals surface area contributed by atoms with Crippen molar-refractivity contribution in [1.29, 1.82) is 0 Å². The Balaban J connectivity index is 2.04. The number of amides is 2. The van der Waals surface area contributed by atoms with Crippen LogP contribution in [0.1, 0.15) is 38.3 Å². The number of halogens is 1. The van der Waals surface area contributed by atoms with Gasteiger partial charge in [0.1, 0.15) is 18.3 Å². The fourth-order valence-electron chi connectivity index (χ4n) is 4.27. The van der Waals surface area contributed by atoms with Crippen LogP contribution in [0.25, 0.3) is 0 Å². The van der Waals surface area contributed by atoms with E-state index >= 15 is 0 Å². The van der Waals surface area contributed by atoms with Crippen molar-refractivity contribution >= 4 is 39.1 Å². The molecule has 0 unspecified atom stereocenters. The Kier molecular flexibility index (Phi) is 11.2. The number of methoxy groups -OCH3 is 1. The van der Waals surface area contributed by atoms with Crippen LogP contribution in [0, 0.1) is 12.8 Å². The van der Waals surface area contributed by atoms with Crippen LogP contribution in [0.4, 0.5) is 5.69 Å². The van der Waals surface area contributed by atoms with Crippen molar-refractivity contribution in [3.63, 3.8) is 0 Å². The molecule has 0 radical (unpaired) electrons. The number of rotatable bonds is 13. The lowest BCUT2D eigenvalue weighted by atomic mass is 10.1. The SMILES string of the molecule is CC[C@@H](C(=O)NCC(C)C)N(Cc1ccc(C)cc1)C(=O)CN(c1cccc(Cl)c1)S(=O)(=O)c1ccc(OC)cc1. The van der Waals surface area contributed by atoms with E-state index in [1.165, 1.54) is 30.2 Å². The topological polar surface area (TPSA) is 96.0 Å². The van der Waals surface area contributed by atoms with Gasteiger partial charge in [0.05, 0.1) is 17.7 Å². The molecule has 1 N–H and O–H groups in total. The number of anilines is 1. The highest BCUT2D eigenvalue weighted by Crippen LogP contribution is 2.28. The van der Waals surface area contributed by atoms with Gasteiger partial charge >= 0.3 is 0 Å². The van der Waals surface area contributed by atoms with Crippen LogP contribution < -0.4 is 14.4 Å². The molecule has 8 nitrogen and oxygen atoms in total. The van der Waals surface area contributed by atoms with Gasteiger partial charge in [0, 0.05) is 18.1 Å². The minimum Gasteiger partial charge on any atom is -0.497 e. The Hall–Kier alpha value is -3.56. The fraction of sp³-hybridized carbons (Fsp3) is 0.355. The number of hydrogen-bond donors (Lipinski definition) is 1. The van der Waals surface area contributed by atoms with E-state index in [0.29, 0.717) is 23.7 Å². The third-order valence-electron chi connectivity index (χ3n) is 6.57. The van der Waals surface area contributed by atoms with Crippen LogP contribution >= 0.6 is 11.6 Å². The van der Waals surface area contributed by atoms with Gasteiger partial charge in [-0.3, -0.25) is 13.9 Å². The summed E-state index contributed by atoms with van der Waals surface area (Å²) in [7, 11) is -2.72. The predicted molar refractivity (Wildman–Crippen MR) is 163 cm³/mol. The van der Waals surface area contributed by atoms with E-state index in [-0.39, 0.29) is 29.0 Å². The summed E-state index contributed by atoms with van der Waals surface area (Å²) < 4.78 is 34.1. The zero-order chi connectivity index (χ0) is 30.2. The van der Waals surface area contributed by atoms with E-state index in [9.17, 15) is 18.0 Å². The molecule has 0 aromatic heterocycles. The van der Waals surface area contributed by atoms with Gasteiger partial charge in [-0.1, -0.05) is 68.3 Å². The zero-order valence-corrected chi connectivity index (χ0v) is 25.7. The first kappa shape index (κ1) is 32.0. The Morgan fingerprint density at radius 1 is 1.00 bits per heavy atom. The van der Waals surface area contributed by atoms with E-state index in [4.69, 9.17) is 16.3 Å². The minimum absolute atomic E-state index is 0.0159. The van der Waals surface area contributed by atoms with Crippen molar-refractivity contribution in [2.75, 3.05) is 24.5 Å². The first-order valence-corrected chi connectivity index (χ1v) is 15.3. The van der Waals surface area contributed by atoms with E-state index < -0.39 is 28.5 Å². The molecular weight excluding hydrogens is 562 g/mol. The molecule has 0 aliphatic carbocycles. The molecular formula is C31H38ClN3O5S. The highest BCUT2D eigenvalue weighted by molar-refractivity contribution is 7.92. The number of aryl methyl sites for hydroxylation is 1. The van der Waals surface area contributed by atoms with Crippen molar-refractivity contribution < 1.29 is 22.7 Å². The van der Waals surface area contributed by atoms with Gasteiger partial charge in [-0.25, -0.2) is 8.42 Å². The maximum absolute atomic E-state index is 14.1. The molecule has 3 aromatic carbocycles. The maximum Gasteiger partial charge on any atom is 0.264 e. The van der Waals surface area contributed by atoms with Crippen molar-refractivity contribution in [3.8, 4) is 5.75 Å². The average Bonchev–Trinajstić information content (AvgIpc) is 2.95. The first-order valence-electron chi connectivity index (χ1n) is 13.5. The summed E-state index contributed by atoms with van der Waals surface area (Å²) in [5.74, 6) is -0.0781. The van der Waals surface area contributed by atoms with Crippen LogP contribution in [-0.4, -0.2) is 51.4 Å². The van der Waals surface area contributed by atoms with Crippen LogP contribution in [0.5, 0.6) is 5.75 Å². The molecule has 3 aromatic rings. The summed E-state index contributed by atoms with van der Waals surface area (Å²) in [6, 6.07) is 19.1. The Bertz CT molecular complexity index is 1430. The van der Waals surface area contributed by atoms with Crippen LogP contribution in [0.2, 0.25) is 5.02 Å². The molecule has 1 atom stereocenters. The molecule has 0 fully saturated rings. The second kappa shape index (κ2) is 14.4. The van der Waals surface area contributed by atoms with Crippen molar-refractivity contribution in [1.82, 2.24) is 10.2 Å². The van der Waals surface area contributed by atoms with E-state index in [1.807, 2.05) is 52.0 Å². The molecule has 0 saturated heterocycles. The van der Waals surface area contributed by atoms with Gasteiger partial charge in [0.25, 0.3) is 10.0 Å². The summed E-state index contributed by atoms with van der Waals surface area (Å²) in [6.45, 7) is 7.84. The van der Waals surface area contributed by atoms with Gasteiger partial charge in [-0.15, -0.1) is 0 Å². The smallest absolute Gasteiger partial charge is 0.264 e. The third-order valence-corrected chi connectivity index (χ3v) is 8.59. The van der Waals surface area contributed by atoms with Crippen LogP contribution in [-0.2, 0) is 26.2 Å². The monoisotopic (exact) mass is 599 g/mol. The van der Waals surface area contributed by atoms with E-state index in [0.717, 1.165) is 15.4 Å². The second-order valence-electron chi connectivity index (χ2n) is 10.2. The molecule has 220 valence electrons. The highest BCUT2D eigenvalue weighted by atomic mass is 35.5. The molecule has 0 spiro atoms. The average molecular weight is 600 g/mol. The number of ether oxygens (including phenoxy) is 1. The molecule has 0 heterocycles. The van der Waals surface area contributed by atoms with Crippen molar-refractivity contribution in [2.45, 2.75) is 51.6 Å². The largest absolute Gasteiger partial charge is 0.497 e. The Morgan fingerprint density at radius 2 is 1.66 bits per heavy atom. The lowest BCUT2D eigenvalue weighted by molar-refractivity contribution is -0.140. The molecule has 0 aliphatic heterocycles. The van der Waals surface area contributed by atoms with Gasteiger partial charge in [0.2, 0.25) is 11.8 Å². The van der Waals surface area contributed by atoms with Crippen molar-refractivity contribution in [3.05, 3.63) is 88.9 Å². The summed E-state index contributed by atoms with van der Waals surface area (Å²) >= 11 is 6.23. The van der Waals surface area contributed by atoms with E-state index in [1.54, 1.807) is 30.3 Å². The zero-order valence-electron chi connectivity index (χ0n) is 24.1. The second-order valence-corrected chi connectivity index (χ2v) is 12.5. The molecule has 2 amide bonds. The van der Waals surface area contributed by atoms with Gasteiger partial charge in [0.15, 0.2) is 0 Å². The Labute approximate surface area is 248 Å². The predicted octanol–water partition coefficient (Wildman–Crippen LogP) is 5.43. The number of nitrogens with one attached hydrogen (secondary N) is 1. The number of sulfonamides is 1. The standard InChI is InChI=1S/C31H38ClN3O5S/c1-6-29(31(37)33-19-22(2)3)34(20-24-12-10-23(4)11-13-24)30(36)21-35(26-9-7-8-25(32)18-26)41(38,39)28-16-14-27(40-5)15-17-28/h7-18,22,29H,6,19-21H2,1-5H3,(H,33,37)/t29-/m0/s1. The third kappa shape index (κ3) is 8.47. The summed E-state index contributed by atoms with van der Waals surface area (Å²) in [6.07, 6.45) is 0.351. The first-order chi connectivity index (χ1) is 19.5. The fourth-order valence-corrected chi connectivity index (χ4v) is 5.86. The maximum atomic E-state index is 14.1. The van der Waals surface area contributed by atoms with Gasteiger partial charge < -0.3 is 15.0 Å². The van der Waals surface area contributed by atoms with E-state index in [2.05, 4.69) is 5.32 Å². The van der Waals surface area contributed by atoms with Crippen LogP contribution in [0.15, 0.2) is 77.7 Å². The number of benzene rings is 3. The summed E-state index contributed by atoms with van der Waals surface area (Å²) in [5, 5.41) is 3.25.